The largest absolute Gasteiger partial charge is 0.388 e. The summed E-state index contributed by atoms with van der Waals surface area (Å²) in [4.78, 5) is 75.5. The number of amides is 4. The zero-order chi connectivity index (χ0) is 34.9. The molecule has 20 heteroatoms. The van der Waals surface area contributed by atoms with Crippen LogP contribution in [0.5, 0.6) is 0 Å². The van der Waals surface area contributed by atoms with Crippen LogP contribution in [-0.2, 0) is 7.05 Å². The van der Waals surface area contributed by atoms with Crippen molar-refractivity contribution in [2.24, 2.45) is 12.8 Å². The van der Waals surface area contributed by atoms with E-state index >= 15 is 0 Å². The number of rotatable bonds is 11. The van der Waals surface area contributed by atoms with Crippen molar-refractivity contribution in [2.45, 2.75) is 27.2 Å². The maximum atomic E-state index is 13.2. The molecule has 0 saturated carbocycles. The lowest BCUT2D eigenvalue weighted by Gasteiger charge is -2.08. The summed E-state index contributed by atoms with van der Waals surface area (Å²) in [6.45, 7) is 5.13. The zero-order valence-electron chi connectivity index (χ0n) is 27.1. The number of imidazole rings is 1. The Hall–Kier alpha value is -6.14. The molecule has 1 aromatic carbocycles. The molecule has 5 aromatic rings. The molecule has 0 fully saturated rings. The Kier molecular flexibility index (Phi) is 11.8. The van der Waals surface area contributed by atoms with Crippen molar-refractivity contribution in [3.8, 4) is 0 Å². The first-order valence-electron chi connectivity index (χ1n) is 14.5. The second-order valence-corrected chi connectivity index (χ2v) is 10.9. The number of fused-ring (bicyclic) bond motifs is 1. The number of carbonyl (C=O) groups is 4. The number of amidine groups is 1. The average molecular weight is 730 g/mol. The molecule has 4 heterocycles. The van der Waals surface area contributed by atoms with Crippen molar-refractivity contribution in [3.05, 3.63) is 86.5 Å². The van der Waals surface area contributed by atoms with Crippen LogP contribution in [0.2, 0.25) is 0 Å². The molecule has 0 saturated heterocycles. The third kappa shape index (κ3) is 7.45. The van der Waals surface area contributed by atoms with Crippen LogP contribution in [0.15, 0.2) is 36.8 Å². The Bertz CT molecular complexity index is 2140. The number of anilines is 3. The smallest absolute Gasteiger partial charge is 0.297 e. The van der Waals surface area contributed by atoms with E-state index in [1.165, 1.54) is 35.3 Å². The van der Waals surface area contributed by atoms with Gasteiger partial charge < -0.3 is 46.5 Å². The maximum absolute atomic E-state index is 13.2. The summed E-state index contributed by atoms with van der Waals surface area (Å²) in [5.41, 5.74) is 8.53. The fourth-order valence-corrected chi connectivity index (χ4v) is 5.08. The van der Waals surface area contributed by atoms with Gasteiger partial charge in [-0.25, -0.2) is 4.98 Å². The van der Waals surface area contributed by atoms with E-state index in [0.29, 0.717) is 39.3 Å². The van der Waals surface area contributed by atoms with Gasteiger partial charge in [0.2, 0.25) is 0 Å². The quantitative estimate of drug-likeness (QED) is 0.0413. The number of carbonyl (C=O) groups excluding carboxylic acids is 4. The first kappa shape index (κ1) is 38.3. The Morgan fingerprint density at radius 2 is 1.30 bits per heavy atom. The first-order chi connectivity index (χ1) is 22.8. The summed E-state index contributed by atoms with van der Waals surface area (Å²) < 4.78 is 1.45. The van der Waals surface area contributed by atoms with Crippen LogP contribution >= 0.6 is 24.8 Å². The molecule has 0 radical (unpaired) electrons. The molecule has 0 bridgehead atoms. The van der Waals surface area contributed by atoms with E-state index in [9.17, 15) is 29.3 Å². The highest BCUT2D eigenvalue weighted by Gasteiger charge is 2.25. The number of halogens is 2. The van der Waals surface area contributed by atoms with Crippen molar-refractivity contribution < 1.29 is 24.1 Å². The Morgan fingerprint density at radius 3 is 1.76 bits per heavy atom. The lowest BCUT2D eigenvalue weighted by Crippen LogP contribution is -2.28. The van der Waals surface area contributed by atoms with Crippen molar-refractivity contribution in [1.82, 2.24) is 29.8 Å². The molecular formula is C30H34Cl2N12O6. The van der Waals surface area contributed by atoms with Gasteiger partial charge in [-0.1, -0.05) is 6.07 Å². The number of nitro groups is 1. The molecule has 0 aliphatic heterocycles. The van der Waals surface area contributed by atoms with Gasteiger partial charge in [-0.3, -0.25) is 34.7 Å². The van der Waals surface area contributed by atoms with E-state index in [1.807, 2.05) is 0 Å². The van der Waals surface area contributed by atoms with Crippen LogP contribution in [0.4, 0.5) is 22.7 Å². The highest BCUT2D eigenvalue weighted by molar-refractivity contribution is 6.10. The molecule has 0 aliphatic carbocycles. The highest BCUT2D eigenvalue weighted by Crippen LogP contribution is 2.27. The molecule has 4 aromatic heterocycles. The van der Waals surface area contributed by atoms with E-state index in [1.54, 1.807) is 33.9 Å². The van der Waals surface area contributed by atoms with Crippen LogP contribution in [-0.4, -0.2) is 65.4 Å². The van der Waals surface area contributed by atoms with Crippen molar-refractivity contribution in [1.29, 1.82) is 5.41 Å². The number of aromatic amines is 3. The normalized spacial score (nSPS) is 10.5. The number of aromatic nitrogens is 5. The molecule has 18 nitrogen and oxygen atoms in total. The van der Waals surface area contributed by atoms with Crippen molar-refractivity contribution >= 4 is 88.1 Å². The minimum Gasteiger partial charge on any atom is -0.388 e. The summed E-state index contributed by atoms with van der Waals surface area (Å²) in [6.07, 6.45) is 4.60. The number of benzene rings is 1. The molecule has 50 heavy (non-hydrogen) atoms. The number of nitro benzene ring substituents is 1. The van der Waals surface area contributed by atoms with Gasteiger partial charge in [-0.2, -0.15) is 0 Å². The predicted octanol–water partition coefficient (Wildman–Crippen LogP) is 4.05. The average Bonchev–Trinajstić information content (AvgIpc) is 3.78. The Balaban J connectivity index is 0.00000338. The van der Waals surface area contributed by atoms with Gasteiger partial charge >= 0.3 is 0 Å². The number of hydrogen-bond acceptors (Lipinski definition) is 8. The standard InChI is InChI=1S/C30H32N12O6.2ClH/c1-13-16(10-34-22(13)27(43)33-9-8-21(31)32)37-28(44)23-14(2)17(11-35-23)38-29(45)24-15(3)18(12-36-24)39-30(46)26-40-25-19(41(26)4)6-5-7-20(25)42(47)48;;/h5-7,10-12,34-36H,8-9H2,1-4H3,(H3,31,32)(H,33,43)(H,37,44)(H,38,45)(H,39,46);2*1H. The number of hydrogen-bond donors (Lipinski definition) is 9. The SMILES string of the molecule is Cc1c(NC(=O)c2[nH]cc(NC(=O)c3[nH]cc(NC(=O)c4nc5c([N+](=O)[O-])cccc5n4C)c3C)c2C)c[nH]c1C(=O)NCCC(=N)N.Cl.Cl. The number of nitrogens with two attached hydrogens (primary N) is 1. The molecule has 264 valence electrons. The maximum Gasteiger partial charge on any atom is 0.297 e. The molecule has 10 N–H and O–H groups in total. The van der Waals surface area contributed by atoms with Crippen LogP contribution in [0.3, 0.4) is 0 Å². The van der Waals surface area contributed by atoms with Gasteiger partial charge in [0.25, 0.3) is 29.3 Å². The molecule has 0 aliphatic rings. The molecule has 0 unspecified atom stereocenters. The summed E-state index contributed by atoms with van der Waals surface area (Å²) in [6, 6.07) is 4.43. The lowest BCUT2D eigenvalue weighted by atomic mass is 10.2. The fourth-order valence-electron chi connectivity index (χ4n) is 5.08. The third-order valence-corrected chi connectivity index (χ3v) is 7.82. The van der Waals surface area contributed by atoms with Crippen LogP contribution < -0.4 is 27.0 Å². The third-order valence-electron chi connectivity index (χ3n) is 7.82. The van der Waals surface area contributed by atoms with Crippen molar-refractivity contribution in [3.63, 3.8) is 0 Å². The minimum absolute atomic E-state index is 0. The van der Waals surface area contributed by atoms with Gasteiger partial charge in [0.15, 0.2) is 11.3 Å². The monoisotopic (exact) mass is 728 g/mol. The fraction of sp³-hybridized carbons (Fsp3) is 0.200. The van der Waals surface area contributed by atoms with Gasteiger partial charge in [-0.15, -0.1) is 24.8 Å². The second kappa shape index (κ2) is 15.4. The van der Waals surface area contributed by atoms with E-state index in [4.69, 9.17) is 11.1 Å². The van der Waals surface area contributed by atoms with Gasteiger partial charge in [-0.05, 0) is 26.8 Å². The van der Waals surface area contributed by atoms with Gasteiger partial charge in [0, 0.05) is 61.4 Å². The summed E-state index contributed by atoms with van der Waals surface area (Å²) >= 11 is 0. The summed E-state index contributed by atoms with van der Waals surface area (Å²) in [5.74, 6) is -2.19. The molecular weight excluding hydrogens is 695 g/mol. The van der Waals surface area contributed by atoms with Crippen LogP contribution in [0.25, 0.3) is 11.0 Å². The molecule has 5 rings (SSSR count). The number of H-pyrrole nitrogens is 3. The van der Waals surface area contributed by atoms with E-state index < -0.39 is 28.6 Å². The van der Waals surface area contributed by atoms with Crippen LogP contribution in [0.1, 0.15) is 65.2 Å². The predicted molar refractivity (Wildman–Crippen MR) is 191 cm³/mol. The van der Waals surface area contributed by atoms with Gasteiger partial charge in [0.1, 0.15) is 17.1 Å². The van der Waals surface area contributed by atoms with Gasteiger partial charge in [0.05, 0.1) is 33.3 Å². The van der Waals surface area contributed by atoms with Crippen LogP contribution in [0, 0.1) is 36.3 Å². The lowest BCUT2D eigenvalue weighted by molar-refractivity contribution is -0.383. The summed E-state index contributed by atoms with van der Waals surface area (Å²) in [5, 5.41) is 29.5. The molecule has 0 atom stereocenters. The highest BCUT2D eigenvalue weighted by atomic mass is 35.5. The number of para-hydroxylation sites is 1. The number of nitrogens with zero attached hydrogens (tertiary/aromatic N) is 3. The number of aryl methyl sites for hydroxylation is 1. The van der Waals surface area contributed by atoms with E-state index in [2.05, 4.69) is 41.2 Å². The molecule has 0 spiro atoms. The molecule has 4 amide bonds. The van der Waals surface area contributed by atoms with Crippen molar-refractivity contribution in [2.75, 3.05) is 22.5 Å². The second-order valence-electron chi connectivity index (χ2n) is 10.9. The van der Waals surface area contributed by atoms with E-state index in [-0.39, 0.29) is 77.7 Å². The Labute approximate surface area is 295 Å². The summed E-state index contributed by atoms with van der Waals surface area (Å²) in [7, 11) is 1.57. The number of non-ortho nitro benzene ring substituents is 1. The topological polar surface area (TPSA) is 275 Å². The number of nitrogens with one attached hydrogen (secondary N) is 8. The zero-order valence-corrected chi connectivity index (χ0v) is 28.7. The Morgan fingerprint density at radius 1 is 0.840 bits per heavy atom. The first-order valence-corrected chi connectivity index (χ1v) is 14.5. The minimum atomic E-state index is -0.632. The van der Waals surface area contributed by atoms with E-state index in [0.717, 1.165) is 0 Å².